The molecular weight excluding hydrogens is 332 g/mol. The van der Waals surface area contributed by atoms with Crippen molar-refractivity contribution >= 4 is 21.6 Å². The summed E-state index contributed by atoms with van der Waals surface area (Å²) in [5, 5.41) is 12.7. The fourth-order valence-electron chi connectivity index (χ4n) is 2.46. The average molecular weight is 357 g/mol. The third-order valence-corrected chi connectivity index (χ3v) is 4.52. The minimum Gasteiger partial charge on any atom is -0.394 e. The van der Waals surface area contributed by atoms with Gasteiger partial charge in [0.05, 0.1) is 19.3 Å². The molecule has 1 heterocycles. The first-order valence-electron chi connectivity index (χ1n) is 7.52. The number of nitrogens with one attached hydrogen (secondary N) is 1. The highest BCUT2D eigenvalue weighted by Gasteiger charge is 2.26. The fourth-order valence-corrected chi connectivity index (χ4v) is 2.97. The van der Waals surface area contributed by atoms with Crippen molar-refractivity contribution in [2.45, 2.75) is 45.5 Å². The third kappa shape index (κ3) is 4.42. The van der Waals surface area contributed by atoms with Crippen LogP contribution in [0, 0.1) is 0 Å². The van der Waals surface area contributed by atoms with E-state index >= 15 is 0 Å². The molecule has 1 aliphatic rings. The van der Waals surface area contributed by atoms with Gasteiger partial charge in [0.25, 0.3) is 0 Å². The Balaban J connectivity index is 2.11. The molecular formula is C16H25BrN2O2. The highest BCUT2D eigenvalue weighted by molar-refractivity contribution is 9.10. The lowest BCUT2D eigenvalue weighted by Crippen LogP contribution is -2.49. The first-order chi connectivity index (χ1) is 10.0. The number of ether oxygens (including phenoxy) is 1. The largest absolute Gasteiger partial charge is 0.394 e. The van der Waals surface area contributed by atoms with Crippen LogP contribution in [0.1, 0.15) is 26.3 Å². The van der Waals surface area contributed by atoms with Gasteiger partial charge in [-0.1, -0.05) is 35.8 Å². The summed E-state index contributed by atoms with van der Waals surface area (Å²) < 4.78 is 6.71. The fraction of sp³-hybridized carbons (Fsp3) is 0.625. The molecule has 0 aliphatic carbocycles. The zero-order valence-corrected chi connectivity index (χ0v) is 14.6. The van der Waals surface area contributed by atoms with Gasteiger partial charge in [-0.2, -0.15) is 0 Å². The molecule has 0 radical (unpaired) electrons. The molecule has 1 aromatic carbocycles. The van der Waals surface area contributed by atoms with E-state index in [2.05, 4.69) is 65.1 Å². The van der Waals surface area contributed by atoms with Gasteiger partial charge in [-0.15, -0.1) is 0 Å². The third-order valence-electron chi connectivity index (χ3n) is 3.78. The van der Waals surface area contributed by atoms with Crippen molar-refractivity contribution < 1.29 is 9.84 Å². The second kappa shape index (κ2) is 7.58. The normalized spacial score (nSPS) is 22.9. The summed E-state index contributed by atoms with van der Waals surface area (Å²) in [6.07, 6.45) is -0.0951. The maximum Gasteiger partial charge on any atom is 0.0981 e. The predicted octanol–water partition coefficient (Wildman–Crippen LogP) is 2.53. The summed E-state index contributed by atoms with van der Waals surface area (Å²) in [5.41, 5.74) is 2.43. The number of aliphatic hydroxyl groups is 1. The number of nitrogens with zero attached hydrogens (tertiary/aromatic N) is 1. The van der Waals surface area contributed by atoms with Crippen molar-refractivity contribution in [2.75, 3.05) is 24.7 Å². The number of anilines is 1. The molecule has 0 spiro atoms. The molecule has 4 nitrogen and oxygen atoms in total. The number of benzene rings is 1. The van der Waals surface area contributed by atoms with E-state index in [1.807, 2.05) is 0 Å². The summed E-state index contributed by atoms with van der Waals surface area (Å²) in [6.45, 7) is 8.75. The molecule has 1 saturated heterocycles. The van der Waals surface area contributed by atoms with E-state index in [4.69, 9.17) is 4.74 Å². The van der Waals surface area contributed by atoms with E-state index < -0.39 is 0 Å². The van der Waals surface area contributed by atoms with Crippen LogP contribution in [0.2, 0.25) is 0 Å². The quantitative estimate of drug-likeness (QED) is 0.850. The molecule has 2 unspecified atom stereocenters. The molecule has 2 atom stereocenters. The van der Waals surface area contributed by atoms with Gasteiger partial charge in [-0.05, 0) is 24.6 Å². The van der Waals surface area contributed by atoms with Crippen LogP contribution in [0.15, 0.2) is 22.7 Å². The summed E-state index contributed by atoms with van der Waals surface area (Å²) in [7, 11) is 0. The second-order valence-corrected chi connectivity index (χ2v) is 6.80. The number of morpholine rings is 1. The molecule has 0 aromatic heterocycles. The highest BCUT2D eigenvalue weighted by Crippen LogP contribution is 2.27. The first-order valence-corrected chi connectivity index (χ1v) is 8.31. The van der Waals surface area contributed by atoms with Crippen LogP contribution >= 0.6 is 15.9 Å². The van der Waals surface area contributed by atoms with Gasteiger partial charge in [0, 0.05) is 35.3 Å². The van der Waals surface area contributed by atoms with Gasteiger partial charge in [0.1, 0.15) is 0 Å². The Morgan fingerprint density at radius 2 is 2.24 bits per heavy atom. The minimum absolute atomic E-state index is 0.0702. The Morgan fingerprint density at radius 3 is 2.86 bits per heavy atom. The number of rotatable bonds is 5. The SMILES string of the molecule is CC(C)NCc1ccc(N2CC(CO)OCC2C)cc1Br. The van der Waals surface area contributed by atoms with Gasteiger partial charge in [0.15, 0.2) is 0 Å². The van der Waals surface area contributed by atoms with E-state index in [-0.39, 0.29) is 12.7 Å². The molecule has 1 fully saturated rings. The molecule has 2 N–H and O–H groups in total. The van der Waals surface area contributed by atoms with Crippen molar-refractivity contribution in [3.05, 3.63) is 28.2 Å². The van der Waals surface area contributed by atoms with Crippen LogP contribution in [0.5, 0.6) is 0 Å². The Kier molecular flexibility index (Phi) is 6.05. The Bertz CT molecular complexity index is 468. The average Bonchev–Trinajstić information content (AvgIpc) is 2.46. The minimum atomic E-state index is -0.0951. The van der Waals surface area contributed by atoms with Gasteiger partial charge >= 0.3 is 0 Å². The standard InChI is InChI=1S/C16H25BrN2O2/c1-11(2)18-7-13-4-5-14(6-16(13)17)19-8-15(9-20)21-10-12(19)3/h4-6,11-12,15,18,20H,7-10H2,1-3H3. The zero-order valence-electron chi connectivity index (χ0n) is 13.0. The Labute approximate surface area is 135 Å². The van der Waals surface area contributed by atoms with Crippen LogP contribution in [0.4, 0.5) is 5.69 Å². The van der Waals surface area contributed by atoms with Crippen LogP contribution in [-0.4, -0.2) is 43.1 Å². The van der Waals surface area contributed by atoms with Crippen LogP contribution in [0.3, 0.4) is 0 Å². The molecule has 21 heavy (non-hydrogen) atoms. The number of halogens is 1. The maximum absolute atomic E-state index is 9.29. The number of aliphatic hydroxyl groups excluding tert-OH is 1. The van der Waals surface area contributed by atoms with Gasteiger partial charge in [0.2, 0.25) is 0 Å². The van der Waals surface area contributed by atoms with Crippen molar-refractivity contribution in [1.29, 1.82) is 0 Å². The Hall–Kier alpha value is -0.620. The van der Waals surface area contributed by atoms with E-state index in [0.717, 1.165) is 17.6 Å². The molecule has 5 heteroatoms. The van der Waals surface area contributed by atoms with E-state index in [1.165, 1.54) is 11.3 Å². The predicted molar refractivity (Wildman–Crippen MR) is 89.8 cm³/mol. The molecule has 1 aliphatic heterocycles. The second-order valence-electron chi connectivity index (χ2n) is 5.95. The smallest absolute Gasteiger partial charge is 0.0981 e. The van der Waals surface area contributed by atoms with Crippen LogP contribution in [-0.2, 0) is 11.3 Å². The van der Waals surface area contributed by atoms with Crippen molar-refractivity contribution in [2.24, 2.45) is 0 Å². The first kappa shape index (κ1) is 16.7. The topological polar surface area (TPSA) is 44.7 Å². The van der Waals surface area contributed by atoms with Crippen LogP contribution < -0.4 is 10.2 Å². The van der Waals surface area contributed by atoms with E-state index in [1.54, 1.807) is 0 Å². The summed E-state index contributed by atoms with van der Waals surface area (Å²) in [4.78, 5) is 2.30. The number of hydrogen-bond donors (Lipinski definition) is 2. The zero-order chi connectivity index (χ0) is 15.4. The van der Waals surface area contributed by atoms with E-state index in [0.29, 0.717) is 18.7 Å². The van der Waals surface area contributed by atoms with Crippen molar-refractivity contribution in [3.63, 3.8) is 0 Å². The van der Waals surface area contributed by atoms with Crippen molar-refractivity contribution in [3.8, 4) is 0 Å². The van der Waals surface area contributed by atoms with Gasteiger partial charge < -0.3 is 20.1 Å². The highest BCUT2D eigenvalue weighted by atomic mass is 79.9. The Morgan fingerprint density at radius 1 is 1.48 bits per heavy atom. The lowest BCUT2D eigenvalue weighted by Gasteiger charge is -2.39. The van der Waals surface area contributed by atoms with E-state index in [9.17, 15) is 5.11 Å². The van der Waals surface area contributed by atoms with Crippen molar-refractivity contribution in [1.82, 2.24) is 5.32 Å². The monoisotopic (exact) mass is 356 g/mol. The molecule has 0 saturated carbocycles. The summed E-state index contributed by atoms with van der Waals surface area (Å²) >= 11 is 3.67. The molecule has 0 amide bonds. The van der Waals surface area contributed by atoms with Gasteiger partial charge in [-0.25, -0.2) is 0 Å². The maximum atomic E-state index is 9.29. The van der Waals surface area contributed by atoms with Gasteiger partial charge in [-0.3, -0.25) is 0 Å². The molecule has 1 aromatic rings. The summed E-state index contributed by atoms with van der Waals surface area (Å²) in [5.74, 6) is 0. The number of hydrogen-bond acceptors (Lipinski definition) is 4. The van der Waals surface area contributed by atoms with Crippen LogP contribution in [0.25, 0.3) is 0 Å². The molecule has 0 bridgehead atoms. The lowest BCUT2D eigenvalue weighted by molar-refractivity contribution is -0.0103. The molecule has 118 valence electrons. The lowest BCUT2D eigenvalue weighted by atomic mass is 10.1. The summed E-state index contributed by atoms with van der Waals surface area (Å²) in [6, 6.07) is 7.26. The molecule has 2 rings (SSSR count).